The van der Waals surface area contributed by atoms with Gasteiger partial charge in [-0.1, -0.05) is 0 Å². The Labute approximate surface area is 114 Å². The SMILES string of the molecule is O=C([O-])C(O)C(O)C(=O)[O-].[H+].[Na+].[Na+]. The Morgan fingerprint density at radius 1 is 1.00 bits per heavy atom. The van der Waals surface area contributed by atoms with E-state index >= 15 is 0 Å². The number of carbonyl (C=O) groups is 2. The molecule has 2 unspecified atom stereocenters. The number of carboxylic acid groups (broad SMARTS) is 2. The van der Waals surface area contributed by atoms with Crippen LogP contribution < -0.4 is 69.3 Å². The Kier molecular flexibility index (Phi) is 13.1. The van der Waals surface area contributed by atoms with Gasteiger partial charge in [0.1, 0.15) is 12.2 Å². The minimum atomic E-state index is -2.44. The van der Waals surface area contributed by atoms with Gasteiger partial charge < -0.3 is 30.0 Å². The molecule has 0 aromatic rings. The van der Waals surface area contributed by atoms with E-state index in [0.717, 1.165) is 0 Å². The number of aliphatic hydroxyl groups is 2. The average molecular weight is 195 g/mol. The Balaban J connectivity index is -0.000000135. The molecule has 0 saturated carbocycles. The minimum absolute atomic E-state index is 0. The zero-order valence-corrected chi connectivity index (χ0v) is 10.7. The van der Waals surface area contributed by atoms with Crippen molar-refractivity contribution in [1.82, 2.24) is 0 Å². The van der Waals surface area contributed by atoms with Crippen LogP contribution in [0.25, 0.3) is 0 Å². The number of carbonyl (C=O) groups excluding carboxylic acids is 2. The summed E-state index contributed by atoms with van der Waals surface area (Å²) in [6.07, 6.45) is -4.88. The summed E-state index contributed by atoms with van der Waals surface area (Å²) in [6, 6.07) is 0. The summed E-state index contributed by atoms with van der Waals surface area (Å²) < 4.78 is 0. The molecule has 0 rings (SSSR count). The van der Waals surface area contributed by atoms with Crippen molar-refractivity contribution >= 4 is 11.9 Å². The molecule has 0 amide bonds. The molecular weight excluding hydrogens is 190 g/mol. The molecule has 0 aliphatic carbocycles. The van der Waals surface area contributed by atoms with Crippen LogP contribution in [0.5, 0.6) is 0 Å². The topological polar surface area (TPSA) is 121 Å². The van der Waals surface area contributed by atoms with Crippen LogP contribution in [-0.2, 0) is 9.59 Å². The van der Waals surface area contributed by atoms with Crippen molar-refractivity contribution in [3.63, 3.8) is 0 Å². The molecular formula is C4H5Na2O6+. The third-order valence-corrected chi connectivity index (χ3v) is 0.782. The Bertz CT molecular complexity index is 147. The zero-order valence-electron chi connectivity index (χ0n) is 7.68. The monoisotopic (exact) mass is 195 g/mol. The molecule has 2 atom stereocenters. The first-order valence-corrected chi connectivity index (χ1v) is 2.24. The Hall–Kier alpha value is 0.860. The van der Waals surface area contributed by atoms with Crippen LogP contribution in [-0.4, -0.2) is 34.4 Å². The van der Waals surface area contributed by atoms with E-state index in [1.807, 2.05) is 0 Å². The molecule has 0 bridgehead atoms. The number of aliphatic carboxylic acids is 2. The largest absolute Gasteiger partial charge is 1.00 e. The normalized spacial score (nSPS) is 13.2. The molecule has 6 nitrogen and oxygen atoms in total. The number of aliphatic hydroxyl groups excluding tert-OH is 2. The van der Waals surface area contributed by atoms with Crippen LogP contribution in [0.2, 0.25) is 0 Å². The fourth-order valence-corrected chi connectivity index (χ4v) is 0.258. The summed E-state index contributed by atoms with van der Waals surface area (Å²) in [6.45, 7) is 0. The van der Waals surface area contributed by atoms with Crippen molar-refractivity contribution < 1.29 is 90.6 Å². The van der Waals surface area contributed by atoms with E-state index in [0.29, 0.717) is 0 Å². The van der Waals surface area contributed by atoms with Gasteiger partial charge in [-0.05, 0) is 0 Å². The van der Waals surface area contributed by atoms with Crippen LogP contribution in [0.1, 0.15) is 1.43 Å². The van der Waals surface area contributed by atoms with Crippen molar-refractivity contribution in [2.45, 2.75) is 12.2 Å². The summed E-state index contributed by atoms with van der Waals surface area (Å²) in [5, 5.41) is 35.7. The molecule has 8 heteroatoms. The van der Waals surface area contributed by atoms with Gasteiger partial charge in [0, 0.05) is 0 Å². The van der Waals surface area contributed by atoms with Gasteiger partial charge in [0.15, 0.2) is 0 Å². The van der Waals surface area contributed by atoms with E-state index in [2.05, 4.69) is 0 Å². The summed E-state index contributed by atoms with van der Waals surface area (Å²) in [7, 11) is 0. The van der Waals surface area contributed by atoms with Gasteiger partial charge in [0.05, 0.1) is 11.9 Å². The maximum absolute atomic E-state index is 9.63. The average Bonchev–Trinajstić information content (AvgIpc) is 1.84. The zero-order chi connectivity index (χ0) is 8.31. The van der Waals surface area contributed by atoms with Gasteiger partial charge in [-0.3, -0.25) is 0 Å². The van der Waals surface area contributed by atoms with E-state index < -0.39 is 24.1 Å². The van der Waals surface area contributed by atoms with Crippen LogP contribution in [0.4, 0.5) is 0 Å². The van der Waals surface area contributed by atoms with Crippen LogP contribution in [0.3, 0.4) is 0 Å². The molecule has 0 fully saturated rings. The second-order valence-electron chi connectivity index (χ2n) is 1.53. The number of hydrogen-bond donors (Lipinski definition) is 2. The Morgan fingerprint density at radius 3 is 1.25 bits per heavy atom. The van der Waals surface area contributed by atoms with E-state index in [4.69, 9.17) is 10.2 Å². The fraction of sp³-hybridized carbons (Fsp3) is 0.500. The second-order valence-corrected chi connectivity index (χ2v) is 1.53. The first-order valence-electron chi connectivity index (χ1n) is 2.24. The van der Waals surface area contributed by atoms with Gasteiger partial charge in [-0.2, -0.15) is 0 Å². The predicted molar refractivity (Wildman–Crippen MR) is 23.1 cm³/mol. The molecule has 0 aromatic carbocycles. The number of hydrogen-bond acceptors (Lipinski definition) is 6. The third-order valence-electron chi connectivity index (χ3n) is 0.782. The van der Waals surface area contributed by atoms with Crippen molar-refractivity contribution in [3.05, 3.63) is 0 Å². The van der Waals surface area contributed by atoms with Gasteiger partial charge in [0.25, 0.3) is 0 Å². The van der Waals surface area contributed by atoms with Gasteiger partial charge >= 0.3 is 60.5 Å². The van der Waals surface area contributed by atoms with Crippen molar-refractivity contribution in [3.8, 4) is 0 Å². The predicted octanol–water partition coefficient (Wildman–Crippen LogP) is -10.7. The second kappa shape index (κ2) is 8.46. The first-order chi connectivity index (χ1) is 4.46. The standard InChI is InChI=1S/C4H6O6.2Na/c5-1(3(7)8)2(6)4(9)10;;/h1-2,5-6H,(H,7,8)(H,9,10);;/q;2*+1/p-1. The van der Waals surface area contributed by atoms with Crippen molar-refractivity contribution in [1.29, 1.82) is 0 Å². The third kappa shape index (κ3) is 6.38. The van der Waals surface area contributed by atoms with Gasteiger partial charge in [-0.15, -0.1) is 0 Å². The summed E-state index contributed by atoms with van der Waals surface area (Å²) >= 11 is 0. The quantitative estimate of drug-likeness (QED) is 0.431. The van der Waals surface area contributed by atoms with Crippen LogP contribution >= 0.6 is 0 Å². The van der Waals surface area contributed by atoms with Gasteiger partial charge in [-0.25, -0.2) is 0 Å². The summed E-state index contributed by atoms with van der Waals surface area (Å²) in [5.41, 5.74) is 0. The van der Waals surface area contributed by atoms with Crippen molar-refractivity contribution in [2.24, 2.45) is 0 Å². The van der Waals surface area contributed by atoms with E-state index in [1.165, 1.54) is 0 Å². The Morgan fingerprint density at radius 2 is 1.17 bits per heavy atom. The van der Waals surface area contributed by atoms with Crippen LogP contribution in [0, 0.1) is 0 Å². The number of rotatable bonds is 3. The molecule has 0 aromatic heterocycles. The molecule has 0 aliphatic heterocycles. The first kappa shape index (κ1) is 18.6. The minimum Gasteiger partial charge on any atom is -0.547 e. The maximum Gasteiger partial charge on any atom is 1.00 e. The molecule has 0 spiro atoms. The smallest absolute Gasteiger partial charge is 0.547 e. The molecule has 2 N–H and O–H groups in total. The fourth-order valence-electron chi connectivity index (χ4n) is 0.258. The molecule has 58 valence electrons. The maximum atomic E-state index is 9.63. The molecule has 0 aliphatic rings. The van der Waals surface area contributed by atoms with E-state index in [1.54, 1.807) is 0 Å². The van der Waals surface area contributed by atoms with E-state index in [-0.39, 0.29) is 60.5 Å². The molecule has 0 radical (unpaired) electrons. The molecule has 12 heavy (non-hydrogen) atoms. The molecule has 0 saturated heterocycles. The molecule has 0 heterocycles. The van der Waals surface area contributed by atoms with E-state index in [9.17, 15) is 19.8 Å². The summed E-state index contributed by atoms with van der Waals surface area (Å²) in [4.78, 5) is 19.3. The number of carboxylic acids is 2. The van der Waals surface area contributed by atoms with Gasteiger partial charge in [0.2, 0.25) is 0 Å². The summed E-state index contributed by atoms with van der Waals surface area (Å²) in [5.74, 6) is -4.12. The van der Waals surface area contributed by atoms with Crippen LogP contribution in [0.15, 0.2) is 0 Å². The van der Waals surface area contributed by atoms with Crippen molar-refractivity contribution in [2.75, 3.05) is 0 Å².